The van der Waals surface area contributed by atoms with Crippen LogP contribution in [0.2, 0.25) is 0 Å². The summed E-state index contributed by atoms with van der Waals surface area (Å²) in [6.45, 7) is 0.619. The zero-order valence-electron chi connectivity index (χ0n) is 11.8. The lowest BCUT2D eigenvalue weighted by molar-refractivity contribution is 0.0947. The number of amides is 1. The molecule has 0 fully saturated rings. The summed E-state index contributed by atoms with van der Waals surface area (Å²) in [6.07, 6.45) is 3.48. The summed E-state index contributed by atoms with van der Waals surface area (Å²) in [5.74, 6) is 0.758. The Morgan fingerprint density at radius 3 is 2.85 bits per heavy atom. The van der Waals surface area contributed by atoms with Crippen LogP contribution in [-0.2, 0) is 13.5 Å². The summed E-state index contributed by atoms with van der Waals surface area (Å²) in [5, 5.41) is 6.92. The van der Waals surface area contributed by atoms with Crippen molar-refractivity contribution in [1.82, 2.24) is 15.1 Å². The van der Waals surface area contributed by atoms with Gasteiger partial charge < -0.3 is 10.1 Å². The highest BCUT2D eigenvalue weighted by Gasteiger charge is 2.07. The van der Waals surface area contributed by atoms with Crippen molar-refractivity contribution in [2.24, 2.45) is 7.05 Å². The van der Waals surface area contributed by atoms with Gasteiger partial charge in [-0.15, -0.1) is 0 Å². The molecule has 106 valence electrons. The molecule has 1 heterocycles. The third-order valence-electron chi connectivity index (χ3n) is 3.05. The molecule has 0 aliphatic heterocycles. The number of rotatable bonds is 6. The molecule has 0 saturated carbocycles. The summed E-state index contributed by atoms with van der Waals surface area (Å²) in [7, 11) is 3.46. The van der Waals surface area contributed by atoms with Gasteiger partial charge in [0.15, 0.2) is 0 Å². The number of hydrogen-bond acceptors (Lipinski definition) is 3. The van der Waals surface area contributed by atoms with Crippen LogP contribution in [0.15, 0.2) is 36.5 Å². The van der Waals surface area contributed by atoms with Crippen molar-refractivity contribution in [3.63, 3.8) is 0 Å². The fraction of sp³-hybridized carbons (Fsp3) is 0.333. The summed E-state index contributed by atoms with van der Waals surface area (Å²) in [5.41, 5.74) is 1.60. The van der Waals surface area contributed by atoms with E-state index in [9.17, 15) is 4.79 Å². The number of hydrogen-bond donors (Lipinski definition) is 1. The molecule has 0 spiro atoms. The first kappa shape index (κ1) is 14.1. The lowest BCUT2D eigenvalue weighted by Crippen LogP contribution is -2.25. The van der Waals surface area contributed by atoms with E-state index in [2.05, 4.69) is 10.4 Å². The van der Waals surface area contributed by atoms with E-state index in [1.165, 1.54) is 0 Å². The second-order valence-electron chi connectivity index (χ2n) is 4.55. The molecule has 1 aromatic carbocycles. The first-order valence-electron chi connectivity index (χ1n) is 6.60. The minimum atomic E-state index is -0.134. The number of nitrogens with one attached hydrogen (secondary N) is 1. The van der Waals surface area contributed by atoms with Gasteiger partial charge in [-0.3, -0.25) is 9.48 Å². The van der Waals surface area contributed by atoms with Gasteiger partial charge in [0.1, 0.15) is 11.4 Å². The third-order valence-corrected chi connectivity index (χ3v) is 3.05. The molecule has 0 radical (unpaired) electrons. The Morgan fingerprint density at radius 2 is 2.15 bits per heavy atom. The smallest absolute Gasteiger partial charge is 0.271 e. The molecule has 1 N–H and O–H groups in total. The summed E-state index contributed by atoms with van der Waals surface area (Å²) >= 11 is 0. The maximum atomic E-state index is 11.8. The molecule has 2 aromatic rings. The van der Waals surface area contributed by atoms with E-state index in [0.29, 0.717) is 12.2 Å². The zero-order chi connectivity index (χ0) is 14.4. The van der Waals surface area contributed by atoms with Gasteiger partial charge in [0.05, 0.1) is 7.11 Å². The molecule has 0 aliphatic rings. The van der Waals surface area contributed by atoms with Gasteiger partial charge in [0.25, 0.3) is 5.91 Å². The van der Waals surface area contributed by atoms with Crippen LogP contribution in [0.4, 0.5) is 0 Å². The van der Waals surface area contributed by atoms with Crippen LogP contribution in [-0.4, -0.2) is 29.3 Å². The minimum absolute atomic E-state index is 0.134. The van der Waals surface area contributed by atoms with Gasteiger partial charge in [-0.25, -0.2) is 0 Å². The Labute approximate surface area is 118 Å². The number of aromatic nitrogens is 2. The Hall–Kier alpha value is -2.30. The minimum Gasteiger partial charge on any atom is -0.496 e. The molecule has 5 heteroatoms. The fourth-order valence-corrected chi connectivity index (χ4v) is 2.02. The molecule has 0 saturated heterocycles. The Bertz CT molecular complexity index is 578. The second-order valence-corrected chi connectivity index (χ2v) is 4.55. The fourth-order valence-electron chi connectivity index (χ4n) is 2.02. The van der Waals surface area contributed by atoms with Gasteiger partial charge >= 0.3 is 0 Å². The van der Waals surface area contributed by atoms with Gasteiger partial charge in [0.2, 0.25) is 0 Å². The number of aryl methyl sites for hydroxylation is 2. The lowest BCUT2D eigenvalue weighted by atomic mass is 10.1. The average Bonchev–Trinajstić information content (AvgIpc) is 2.90. The van der Waals surface area contributed by atoms with Crippen LogP contribution in [0, 0.1) is 0 Å². The molecule has 0 unspecified atom stereocenters. The molecular formula is C15H19N3O2. The molecule has 0 bridgehead atoms. The maximum Gasteiger partial charge on any atom is 0.271 e. The Balaban J connectivity index is 1.78. The quantitative estimate of drug-likeness (QED) is 0.816. The van der Waals surface area contributed by atoms with Crippen LogP contribution < -0.4 is 10.1 Å². The van der Waals surface area contributed by atoms with E-state index < -0.39 is 0 Å². The highest BCUT2D eigenvalue weighted by molar-refractivity contribution is 5.92. The van der Waals surface area contributed by atoms with Crippen LogP contribution in [0.3, 0.4) is 0 Å². The molecule has 2 rings (SSSR count). The van der Waals surface area contributed by atoms with Crippen LogP contribution >= 0.6 is 0 Å². The standard InChI is InChI=1S/C15H19N3O2/c1-18-11-9-13(17-18)15(19)16-10-5-7-12-6-3-4-8-14(12)20-2/h3-4,6,8-9,11H,5,7,10H2,1-2H3,(H,16,19). The average molecular weight is 273 g/mol. The highest BCUT2D eigenvalue weighted by Crippen LogP contribution is 2.18. The first-order valence-corrected chi connectivity index (χ1v) is 6.60. The monoisotopic (exact) mass is 273 g/mol. The van der Waals surface area contributed by atoms with Gasteiger partial charge in [-0.1, -0.05) is 18.2 Å². The maximum absolute atomic E-state index is 11.8. The van der Waals surface area contributed by atoms with E-state index in [1.54, 1.807) is 31.1 Å². The van der Waals surface area contributed by atoms with E-state index >= 15 is 0 Å². The molecular weight excluding hydrogens is 254 g/mol. The third kappa shape index (κ3) is 3.60. The number of ether oxygens (including phenoxy) is 1. The van der Waals surface area contributed by atoms with Crippen molar-refractivity contribution >= 4 is 5.91 Å². The van der Waals surface area contributed by atoms with E-state index in [1.807, 2.05) is 24.3 Å². The molecule has 0 atom stereocenters. The molecule has 0 aliphatic carbocycles. The van der Waals surface area contributed by atoms with E-state index in [-0.39, 0.29) is 5.91 Å². The molecule has 5 nitrogen and oxygen atoms in total. The Morgan fingerprint density at radius 1 is 1.35 bits per heavy atom. The SMILES string of the molecule is COc1ccccc1CCCNC(=O)c1ccn(C)n1. The van der Waals surface area contributed by atoms with Gasteiger partial charge in [0, 0.05) is 19.8 Å². The predicted octanol–water partition coefficient (Wildman–Crippen LogP) is 1.79. The number of benzene rings is 1. The van der Waals surface area contributed by atoms with Crippen molar-refractivity contribution in [1.29, 1.82) is 0 Å². The number of nitrogens with zero attached hydrogens (tertiary/aromatic N) is 2. The van der Waals surface area contributed by atoms with Crippen molar-refractivity contribution in [3.8, 4) is 5.75 Å². The van der Waals surface area contributed by atoms with Crippen molar-refractivity contribution in [3.05, 3.63) is 47.8 Å². The van der Waals surface area contributed by atoms with Crippen LogP contribution in [0.5, 0.6) is 5.75 Å². The molecule has 20 heavy (non-hydrogen) atoms. The number of methoxy groups -OCH3 is 1. The first-order chi connectivity index (χ1) is 9.70. The van der Waals surface area contributed by atoms with Crippen molar-refractivity contribution in [2.75, 3.05) is 13.7 Å². The lowest BCUT2D eigenvalue weighted by Gasteiger charge is -2.08. The zero-order valence-corrected chi connectivity index (χ0v) is 11.8. The summed E-state index contributed by atoms with van der Waals surface area (Å²) in [4.78, 5) is 11.8. The van der Waals surface area contributed by atoms with Crippen molar-refractivity contribution in [2.45, 2.75) is 12.8 Å². The van der Waals surface area contributed by atoms with E-state index in [4.69, 9.17) is 4.74 Å². The molecule has 1 amide bonds. The van der Waals surface area contributed by atoms with Gasteiger partial charge in [-0.2, -0.15) is 5.10 Å². The predicted molar refractivity (Wildman–Crippen MR) is 76.9 cm³/mol. The van der Waals surface area contributed by atoms with E-state index in [0.717, 1.165) is 24.2 Å². The Kier molecular flexibility index (Phi) is 4.76. The van der Waals surface area contributed by atoms with Crippen LogP contribution in [0.25, 0.3) is 0 Å². The largest absolute Gasteiger partial charge is 0.496 e. The number of carbonyl (C=O) groups is 1. The van der Waals surface area contributed by atoms with Crippen LogP contribution in [0.1, 0.15) is 22.5 Å². The number of para-hydroxylation sites is 1. The normalized spacial score (nSPS) is 10.3. The highest BCUT2D eigenvalue weighted by atomic mass is 16.5. The summed E-state index contributed by atoms with van der Waals surface area (Å²) < 4.78 is 6.91. The second kappa shape index (κ2) is 6.75. The topological polar surface area (TPSA) is 56.1 Å². The van der Waals surface area contributed by atoms with Crippen molar-refractivity contribution < 1.29 is 9.53 Å². The van der Waals surface area contributed by atoms with Gasteiger partial charge in [-0.05, 0) is 30.5 Å². The molecule has 1 aromatic heterocycles. The summed E-state index contributed by atoms with van der Waals surface area (Å²) in [6, 6.07) is 9.63. The number of carbonyl (C=O) groups excluding carboxylic acids is 1.